The van der Waals surface area contributed by atoms with Gasteiger partial charge in [0.15, 0.2) is 5.82 Å². The summed E-state index contributed by atoms with van der Waals surface area (Å²) in [5, 5.41) is 4.37. The average Bonchev–Trinajstić information content (AvgIpc) is 2.61. The van der Waals surface area contributed by atoms with E-state index in [1.165, 1.54) is 0 Å². The third-order valence-electron chi connectivity index (χ3n) is 3.65. The van der Waals surface area contributed by atoms with Gasteiger partial charge in [-0.2, -0.15) is 5.10 Å². The third kappa shape index (κ3) is 3.95. The summed E-state index contributed by atoms with van der Waals surface area (Å²) in [6.45, 7) is 5.05. The molecule has 0 bridgehead atoms. The molecule has 0 saturated carbocycles. The Bertz CT molecular complexity index is 679. The Kier molecular flexibility index (Phi) is 4.68. The number of hydrazone groups is 1. The minimum Gasteiger partial charge on any atom is -0.399 e. The van der Waals surface area contributed by atoms with Crippen LogP contribution in [0.3, 0.4) is 0 Å². The first-order chi connectivity index (χ1) is 11.2. The molecule has 0 radical (unpaired) electrons. The molecule has 2 aromatic rings. The van der Waals surface area contributed by atoms with Gasteiger partial charge in [0.1, 0.15) is 12.1 Å². The Morgan fingerprint density at radius 1 is 1.22 bits per heavy atom. The summed E-state index contributed by atoms with van der Waals surface area (Å²) in [5.41, 5.74) is 11.3. The van der Waals surface area contributed by atoms with Gasteiger partial charge in [-0.25, -0.2) is 9.97 Å². The van der Waals surface area contributed by atoms with E-state index >= 15 is 0 Å². The van der Waals surface area contributed by atoms with E-state index in [1.807, 2.05) is 37.3 Å². The number of nitrogens with zero attached hydrogens (tertiary/aromatic N) is 4. The van der Waals surface area contributed by atoms with Crippen molar-refractivity contribution in [3.63, 3.8) is 0 Å². The Morgan fingerprint density at radius 2 is 1.96 bits per heavy atom. The van der Waals surface area contributed by atoms with Crippen molar-refractivity contribution in [3.8, 4) is 0 Å². The monoisotopic (exact) mass is 312 g/mol. The van der Waals surface area contributed by atoms with E-state index in [0.717, 1.165) is 49.1 Å². The zero-order chi connectivity index (χ0) is 16.1. The molecule has 0 unspecified atom stereocenters. The molecule has 3 rings (SSSR count). The lowest BCUT2D eigenvalue weighted by molar-refractivity contribution is 0.122. The summed E-state index contributed by atoms with van der Waals surface area (Å²) in [6, 6.07) is 9.49. The number of rotatable bonds is 4. The number of nitrogens with one attached hydrogen (secondary N) is 1. The summed E-state index contributed by atoms with van der Waals surface area (Å²) in [6.07, 6.45) is 1.54. The molecule has 23 heavy (non-hydrogen) atoms. The number of hydrogen-bond acceptors (Lipinski definition) is 7. The number of morpholine rings is 1. The van der Waals surface area contributed by atoms with Crippen LogP contribution in [0.5, 0.6) is 0 Å². The van der Waals surface area contributed by atoms with E-state index in [0.29, 0.717) is 5.82 Å². The quantitative estimate of drug-likeness (QED) is 0.508. The Balaban J connectivity index is 1.70. The highest BCUT2D eigenvalue weighted by Crippen LogP contribution is 2.15. The number of benzene rings is 1. The molecular formula is C16H20N6O. The van der Waals surface area contributed by atoms with Gasteiger partial charge in [0.25, 0.3) is 0 Å². The Hall–Kier alpha value is -2.67. The minimum atomic E-state index is 0.663. The standard InChI is InChI=1S/C16H20N6O/c1-12(13-2-4-14(17)5-3-13)20-21-15-10-16(19-11-18-15)22-6-8-23-9-7-22/h2-5,10-11H,6-9,17H2,1H3,(H,18,19,21)/b20-12-. The molecule has 1 aliphatic heterocycles. The van der Waals surface area contributed by atoms with Crippen molar-refractivity contribution < 1.29 is 4.74 Å². The molecule has 1 saturated heterocycles. The molecule has 0 amide bonds. The van der Waals surface area contributed by atoms with Crippen molar-refractivity contribution in [1.29, 1.82) is 0 Å². The second-order valence-electron chi connectivity index (χ2n) is 5.29. The van der Waals surface area contributed by atoms with Crippen molar-refractivity contribution in [2.75, 3.05) is 42.4 Å². The molecular weight excluding hydrogens is 292 g/mol. The van der Waals surface area contributed by atoms with Gasteiger partial charge in [-0.15, -0.1) is 0 Å². The van der Waals surface area contributed by atoms with Crippen molar-refractivity contribution in [3.05, 3.63) is 42.2 Å². The van der Waals surface area contributed by atoms with Crippen molar-refractivity contribution >= 4 is 23.0 Å². The van der Waals surface area contributed by atoms with Gasteiger partial charge in [0.2, 0.25) is 0 Å². The molecule has 1 aliphatic rings. The van der Waals surface area contributed by atoms with E-state index in [1.54, 1.807) is 6.33 Å². The second kappa shape index (κ2) is 7.06. The molecule has 7 heteroatoms. The summed E-state index contributed by atoms with van der Waals surface area (Å²) in [5.74, 6) is 1.54. The van der Waals surface area contributed by atoms with Gasteiger partial charge >= 0.3 is 0 Å². The van der Waals surface area contributed by atoms with Crippen LogP contribution in [0.2, 0.25) is 0 Å². The van der Waals surface area contributed by atoms with Gasteiger partial charge in [-0.05, 0) is 24.6 Å². The maximum atomic E-state index is 5.69. The highest BCUT2D eigenvalue weighted by atomic mass is 16.5. The Labute approximate surface area is 135 Å². The third-order valence-corrected chi connectivity index (χ3v) is 3.65. The lowest BCUT2D eigenvalue weighted by atomic mass is 10.1. The molecule has 0 atom stereocenters. The van der Waals surface area contributed by atoms with Crippen LogP contribution in [-0.4, -0.2) is 42.0 Å². The molecule has 0 spiro atoms. The predicted octanol–water partition coefficient (Wildman–Crippen LogP) is 1.73. The lowest BCUT2D eigenvalue weighted by Crippen LogP contribution is -2.36. The molecule has 0 aliphatic carbocycles. The zero-order valence-electron chi connectivity index (χ0n) is 13.1. The fourth-order valence-corrected chi connectivity index (χ4v) is 2.30. The maximum absolute atomic E-state index is 5.69. The zero-order valence-corrected chi connectivity index (χ0v) is 13.1. The number of nitrogens with two attached hydrogens (primary N) is 1. The molecule has 1 aromatic heterocycles. The van der Waals surface area contributed by atoms with E-state index in [2.05, 4.69) is 25.4 Å². The van der Waals surface area contributed by atoms with Crippen LogP contribution in [0.1, 0.15) is 12.5 Å². The van der Waals surface area contributed by atoms with Gasteiger partial charge < -0.3 is 15.4 Å². The molecule has 3 N–H and O–H groups in total. The largest absolute Gasteiger partial charge is 0.399 e. The SMILES string of the molecule is C/C(=N/Nc1cc(N2CCOCC2)ncn1)c1ccc(N)cc1. The topological polar surface area (TPSA) is 88.7 Å². The van der Waals surface area contributed by atoms with Gasteiger partial charge in [-0.3, -0.25) is 5.43 Å². The maximum Gasteiger partial charge on any atom is 0.151 e. The van der Waals surface area contributed by atoms with Crippen LogP contribution in [0.25, 0.3) is 0 Å². The molecule has 7 nitrogen and oxygen atoms in total. The number of hydrogen-bond donors (Lipinski definition) is 2. The van der Waals surface area contributed by atoms with Crippen LogP contribution in [0.15, 0.2) is 41.8 Å². The lowest BCUT2D eigenvalue weighted by Gasteiger charge is -2.27. The number of ether oxygens (including phenoxy) is 1. The number of aromatic nitrogens is 2. The Morgan fingerprint density at radius 3 is 2.70 bits per heavy atom. The van der Waals surface area contributed by atoms with Crippen molar-refractivity contribution in [2.24, 2.45) is 5.10 Å². The first-order valence-electron chi connectivity index (χ1n) is 7.53. The van der Waals surface area contributed by atoms with Crippen molar-refractivity contribution in [1.82, 2.24) is 9.97 Å². The van der Waals surface area contributed by atoms with Gasteiger partial charge in [-0.1, -0.05) is 12.1 Å². The van der Waals surface area contributed by atoms with Crippen LogP contribution in [-0.2, 0) is 4.74 Å². The smallest absolute Gasteiger partial charge is 0.151 e. The van der Waals surface area contributed by atoms with Crippen LogP contribution in [0.4, 0.5) is 17.3 Å². The van der Waals surface area contributed by atoms with E-state index in [4.69, 9.17) is 10.5 Å². The fourth-order valence-electron chi connectivity index (χ4n) is 2.30. The van der Waals surface area contributed by atoms with Crippen molar-refractivity contribution in [2.45, 2.75) is 6.92 Å². The van der Waals surface area contributed by atoms with Crippen LogP contribution >= 0.6 is 0 Å². The normalized spacial score (nSPS) is 15.5. The van der Waals surface area contributed by atoms with Gasteiger partial charge in [0.05, 0.1) is 18.9 Å². The molecule has 1 aromatic carbocycles. The van der Waals surface area contributed by atoms with Crippen LogP contribution < -0.4 is 16.1 Å². The summed E-state index contributed by atoms with van der Waals surface area (Å²) >= 11 is 0. The first-order valence-corrected chi connectivity index (χ1v) is 7.53. The average molecular weight is 312 g/mol. The first kappa shape index (κ1) is 15.2. The molecule has 120 valence electrons. The fraction of sp³-hybridized carbons (Fsp3) is 0.312. The van der Waals surface area contributed by atoms with Gasteiger partial charge in [0, 0.05) is 24.8 Å². The van der Waals surface area contributed by atoms with Crippen LogP contribution in [0, 0.1) is 0 Å². The predicted molar refractivity (Wildman–Crippen MR) is 91.8 cm³/mol. The summed E-state index contributed by atoms with van der Waals surface area (Å²) in [7, 11) is 0. The summed E-state index contributed by atoms with van der Waals surface area (Å²) < 4.78 is 5.36. The highest BCUT2D eigenvalue weighted by Gasteiger charge is 2.12. The molecule has 1 fully saturated rings. The minimum absolute atomic E-state index is 0.663. The van der Waals surface area contributed by atoms with E-state index < -0.39 is 0 Å². The van der Waals surface area contributed by atoms with E-state index in [-0.39, 0.29) is 0 Å². The second-order valence-corrected chi connectivity index (χ2v) is 5.29. The number of nitrogen functional groups attached to an aromatic ring is 1. The summed E-state index contributed by atoms with van der Waals surface area (Å²) in [4.78, 5) is 10.7. The van der Waals surface area contributed by atoms with E-state index in [9.17, 15) is 0 Å². The number of anilines is 3. The highest BCUT2D eigenvalue weighted by molar-refractivity contribution is 5.99. The molecule has 2 heterocycles.